The molecule has 1 amide bonds. The van der Waals surface area contributed by atoms with Crippen LogP contribution in [0.1, 0.15) is 11.1 Å². The minimum Gasteiger partial charge on any atom is -0.497 e. The molecule has 27 heavy (non-hydrogen) atoms. The van der Waals surface area contributed by atoms with Crippen molar-refractivity contribution in [1.29, 1.82) is 0 Å². The highest BCUT2D eigenvalue weighted by Crippen LogP contribution is 2.22. The summed E-state index contributed by atoms with van der Waals surface area (Å²) in [6.07, 6.45) is 0. The number of amides is 1. The number of fused-ring (bicyclic) bond motifs is 1. The van der Waals surface area contributed by atoms with Gasteiger partial charge in [-0.2, -0.15) is 0 Å². The van der Waals surface area contributed by atoms with Crippen molar-refractivity contribution in [3.8, 4) is 5.75 Å². The molecule has 0 atom stereocenters. The molecule has 2 aromatic carbocycles. The molecule has 1 aromatic heterocycles. The van der Waals surface area contributed by atoms with Crippen LogP contribution in [0.3, 0.4) is 0 Å². The molecule has 140 valence electrons. The van der Waals surface area contributed by atoms with Gasteiger partial charge >= 0.3 is 0 Å². The average molecular weight is 366 g/mol. The number of aromatic amines is 1. The van der Waals surface area contributed by atoms with Gasteiger partial charge in [0.05, 0.1) is 13.7 Å². The van der Waals surface area contributed by atoms with E-state index in [0.29, 0.717) is 11.3 Å². The third-order valence-corrected chi connectivity index (χ3v) is 4.34. The van der Waals surface area contributed by atoms with E-state index >= 15 is 0 Å². The number of carbonyl (C=O) groups excluding carboxylic acids is 1. The molecular formula is C21H22N2O4. The first-order chi connectivity index (χ1) is 13.0. The summed E-state index contributed by atoms with van der Waals surface area (Å²) in [4.78, 5) is 29.6. The predicted molar refractivity (Wildman–Crippen MR) is 105 cm³/mol. The maximum absolute atomic E-state index is 12.6. The number of pyridine rings is 1. The maximum Gasteiger partial charge on any atom is 0.253 e. The van der Waals surface area contributed by atoms with E-state index in [1.165, 1.54) is 7.11 Å². The van der Waals surface area contributed by atoms with Crippen LogP contribution in [0.25, 0.3) is 10.9 Å². The van der Waals surface area contributed by atoms with Gasteiger partial charge in [-0.3, -0.25) is 9.59 Å². The van der Waals surface area contributed by atoms with Gasteiger partial charge in [0.1, 0.15) is 12.4 Å². The van der Waals surface area contributed by atoms with Crippen molar-refractivity contribution in [2.45, 2.75) is 13.5 Å². The fraction of sp³-hybridized carbons (Fsp3) is 0.238. The monoisotopic (exact) mass is 366 g/mol. The second kappa shape index (κ2) is 8.05. The summed E-state index contributed by atoms with van der Waals surface area (Å²) in [5.74, 6) is 0.486. The van der Waals surface area contributed by atoms with Gasteiger partial charge in [-0.1, -0.05) is 12.1 Å². The number of benzene rings is 2. The molecule has 1 N–H and O–H groups in total. The fourth-order valence-electron chi connectivity index (χ4n) is 2.97. The van der Waals surface area contributed by atoms with Crippen molar-refractivity contribution in [2.24, 2.45) is 0 Å². The molecule has 6 nitrogen and oxygen atoms in total. The molecule has 0 aliphatic rings. The molecule has 0 saturated heterocycles. The Labute approximate surface area is 157 Å². The number of H-pyrrole nitrogens is 1. The number of anilines is 1. The zero-order chi connectivity index (χ0) is 19.4. The summed E-state index contributed by atoms with van der Waals surface area (Å²) in [6.45, 7) is 2.04. The van der Waals surface area contributed by atoms with Crippen molar-refractivity contribution in [3.05, 3.63) is 70.0 Å². The lowest BCUT2D eigenvalue weighted by Crippen LogP contribution is -2.35. The first-order valence-electron chi connectivity index (χ1n) is 8.57. The second-order valence-corrected chi connectivity index (χ2v) is 6.33. The molecule has 0 radical (unpaired) electrons. The van der Waals surface area contributed by atoms with Crippen molar-refractivity contribution in [1.82, 2.24) is 4.98 Å². The highest BCUT2D eigenvalue weighted by atomic mass is 16.5. The summed E-state index contributed by atoms with van der Waals surface area (Å²) < 4.78 is 10.3. The largest absolute Gasteiger partial charge is 0.497 e. The third-order valence-electron chi connectivity index (χ3n) is 4.34. The highest BCUT2D eigenvalue weighted by Gasteiger charge is 2.18. The van der Waals surface area contributed by atoms with Crippen LogP contribution >= 0.6 is 0 Å². The van der Waals surface area contributed by atoms with Gasteiger partial charge < -0.3 is 19.4 Å². The van der Waals surface area contributed by atoms with E-state index in [2.05, 4.69) is 4.98 Å². The van der Waals surface area contributed by atoms with Crippen LogP contribution in [0.15, 0.2) is 53.3 Å². The smallest absolute Gasteiger partial charge is 0.253 e. The number of aryl methyl sites for hydroxylation is 1. The van der Waals surface area contributed by atoms with Crippen LogP contribution in [0, 0.1) is 6.92 Å². The van der Waals surface area contributed by atoms with E-state index < -0.39 is 0 Å². The second-order valence-electron chi connectivity index (χ2n) is 6.33. The Bertz CT molecular complexity index is 1030. The van der Waals surface area contributed by atoms with Crippen LogP contribution in [0.5, 0.6) is 5.75 Å². The lowest BCUT2D eigenvalue weighted by atomic mass is 10.1. The number of hydrogen-bond donors (Lipinski definition) is 1. The summed E-state index contributed by atoms with van der Waals surface area (Å²) in [7, 11) is 3.07. The molecule has 0 fully saturated rings. The zero-order valence-electron chi connectivity index (χ0n) is 15.6. The molecule has 0 aliphatic carbocycles. The fourth-order valence-corrected chi connectivity index (χ4v) is 2.97. The number of rotatable bonds is 6. The topological polar surface area (TPSA) is 71.6 Å². The summed E-state index contributed by atoms with van der Waals surface area (Å²) in [6, 6.07) is 14.8. The van der Waals surface area contributed by atoms with Crippen molar-refractivity contribution < 1.29 is 14.3 Å². The first-order valence-corrected chi connectivity index (χ1v) is 8.57. The van der Waals surface area contributed by atoms with Gasteiger partial charge in [-0.05, 0) is 48.9 Å². The summed E-state index contributed by atoms with van der Waals surface area (Å²) >= 11 is 0. The third kappa shape index (κ3) is 4.17. The lowest BCUT2D eigenvalue weighted by molar-refractivity contribution is -0.122. The Morgan fingerprint density at radius 3 is 2.63 bits per heavy atom. The number of carbonyl (C=O) groups is 1. The molecule has 6 heteroatoms. The normalized spacial score (nSPS) is 10.8. The number of aromatic nitrogens is 1. The Morgan fingerprint density at radius 1 is 1.11 bits per heavy atom. The highest BCUT2D eigenvalue weighted by molar-refractivity contribution is 5.94. The maximum atomic E-state index is 12.6. The van der Waals surface area contributed by atoms with Crippen molar-refractivity contribution in [3.63, 3.8) is 0 Å². The minimum atomic E-state index is -0.226. The van der Waals surface area contributed by atoms with Crippen LogP contribution in [-0.2, 0) is 16.1 Å². The van der Waals surface area contributed by atoms with E-state index in [9.17, 15) is 9.59 Å². The number of nitrogens with one attached hydrogen (secondary N) is 1. The zero-order valence-corrected chi connectivity index (χ0v) is 15.6. The summed E-state index contributed by atoms with van der Waals surface area (Å²) in [5.41, 5.74) is 2.73. The van der Waals surface area contributed by atoms with Crippen LogP contribution in [0.2, 0.25) is 0 Å². The molecule has 3 rings (SSSR count). The molecule has 0 unspecified atom stereocenters. The van der Waals surface area contributed by atoms with E-state index in [4.69, 9.17) is 9.47 Å². The SMILES string of the molecule is COCC(=O)N(Cc1cc2cc(OC)ccc2[nH]c1=O)c1cccc(C)c1. The van der Waals surface area contributed by atoms with Gasteiger partial charge in [-0.15, -0.1) is 0 Å². The van der Waals surface area contributed by atoms with E-state index in [0.717, 1.165) is 22.2 Å². The molecule has 0 aliphatic heterocycles. The van der Waals surface area contributed by atoms with Gasteiger partial charge in [0, 0.05) is 29.3 Å². The van der Waals surface area contributed by atoms with Gasteiger partial charge in [0.25, 0.3) is 11.5 Å². The Hall–Kier alpha value is -3.12. The van der Waals surface area contributed by atoms with E-state index in [-0.39, 0.29) is 24.6 Å². The van der Waals surface area contributed by atoms with Crippen molar-refractivity contribution in [2.75, 3.05) is 25.7 Å². The minimum absolute atomic E-state index is 0.0623. The standard InChI is InChI=1S/C21H22N2O4/c1-14-5-4-6-17(9-14)23(20(24)13-26-2)12-16-10-15-11-18(27-3)7-8-19(15)22-21(16)25/h4-11H,12-13H2,1-3H3,(H,22,25). The van der Waals surface area contributed by atoms with Crippen LogP contribution in [0.4, 0.5) is 5.69 Å². The molecule has 0 bridgehead atoms. The molecule has 0 spiro atoms. The average Bonchev–Trinajstić information content (AvgIpc) is 2.66. The van der Waals surface area contributed by atoms with Crippen LogP contribution < -0.4 is 15.2 Å². The molecule has 0 saturated carbocycles. The predicted octanol–water partition coefficient (Wildman–Crippen LogP) is 3.02. The van der Waals surface area contributed by atoms with E-state index in [1.54, 1.807) is 30.2 Å². The quantitative estimate of drug-likeness (QED) is 0.728. The number of nitrogens with zero attached hydrogens (tertiary/aromatic N) is 1. The molecule has 3 aromatic rings. The first kappa shape index (κ1) is 18.7. The van der Waals surface area contributed by atoms with Gasteiger partial charge in [0.2, 0.25) is 0 Å². The van der Waals surface area contributed by atoms with E-state index in [1.807, 2.05) is 37.3 Å². The number of hydrogen-bond acceptors (Lipinski definition) is 4. The molecular weight excluding hydrogens is 344 g/mol. The number of methoxy groups -OCH3 is 2. The summed E-state index contributed by atoms with van der Waals surface area (Å²) in [5, 5.41) is 0.840. The van der Waals surface area contributed by atoms with Gasteiger partial charge in [0.15, 0.2) is 0 Å². The Balaban J connectivity index is 2.03. The Morgan fingerprint density at radius 2 is 1.93 bits per heavy atom. The Kier molecular flexibility index (Phi) is 5.57. The van der Waals surface area contributed by atoms with Gasteiger partial charge in [-0.25, -0.2) is 0 Å². The van der Waals surface area contributed by atoms with Crippen molar-refractivity contribution >= 4 is 22.5 Å². The lowest BCUT2D eigenvalue weighted by Gasteiger charge is -2.23. The van der Waals surface area contributed by atoms with Crippen LogP contribution in [-0.4, -0.2) is 31.7 Å². The number of ether oxygens (including phenoxy) is 2. The molecule has 1 heterocycles.